The third-order valence-electron chi connectivity index (χ3n) is 6.71. The first-order valence-electron chi connectivity index (χ1n) is 12.0. The summed E-state index contributed by atoms with van der Waals surface area (Å²) < 4.78 is 0.955. The van der Waals surface area contributed by atoms with Crippen molar-refractivity contribution < 1.29 is 14.7 Å². The van der Waals surface area contributed by atoms with Gasteiger partial charge in [-0.3, -0.25) is 14.5 Å². The maximum Gasteiger partial charge on any atom is 0.301 e. The second kappa shape index (κ2) is 9.03. The van der Waals surface area contributed by atoms with Crippen LogP contribution in [0.1, 0.15) is 59.2 Å². The van der Waals surface area contributed by atoms with Crippen LogP contribution in [0.4, 0.5) is 5.13 Å². The van der Waals surface area contributed by atoms with Crippen LogP contribution in [0, 0.1) is 20.8 Å². The van der Waals surface area contributed by atoms with Crippen LogP contribution in [0.2, 0.25) is 0 Å². The van der Waals surface area contributed by atoms with Gasteiger partial charge < -0.3 is 5.11 Å². The van der Waals surface area contributed by atoms with E-state index >= 15 is 0 Å². The highest BCUT2D eigenvalue weighted by molar-refractivity contribution is 7.22. The number of hydrogen-bond acceptors (Lipinski definition) is 5. The third-order valence-corrected chi connectivity index (χ3v) is 7.71. The SMILES string of the molecule is Cc1ccc(/C(O)=C2\C(=O)C(=O)N(c3nc4c(C)cc(C)cc4s3)[C@H]2c2ccc(C(C)C)cc2)cc1. The molecule has 6 heteroatoms. The van der Waals surface area contributed by atoms with Gasteiger partial charge in [-0.05, 0) is 55.0 Å². The zero-order valence-corrected chi connectivity index (χ0v) is 21.8. The number of carbonyl (C=O) groups is 2. The Hall–Kier alpha value is -3.77. The maximum atomic E-state index is 13.5. The number of anilines is 1. The molecule has 0 spiro atoms. The van der Waals surface area contributed by atoms with Gasteiger partial charge in [0.05, 0.1) is 21.8 Å². The normalized spacial score (nSPS) is 17.5. The molecule has 1 atom stereocenters. The van der Waals surface area contributed by atoms with Crippen LogP contribution in [0.3, 0.4) is 0 Å². The van der Waals surface area contributed by atoms with Crippen molar-refractivity contribution in [2.75, 3.05) is 4.90 Å². The summed E-state index contributed by atoms with van der Waals surface area (Å²) in [6, 6.07) is 18.5. The topological polar surface area (TPSA) is 70.5 Å². The van der Waals surface area contributed by atoms with Crippen molar-refractivity contribution in [1.29, 1.82) is 0 Å². The molecule has 1 N–H and O–H groups in total. The molecule has 36 heavy (non-hydrogen) atoms. The Morgan fingerprint density at radius 3 is 2.25 bits per heavy atom. The Morgan fingerprint density at radius 1 is 0.944 bits per heavy atom. The number of aliphatic hydroxyl groups is 1. The number of thiazole rings is 1. The molecule has 1 aromatic heterocycles. The lowest BCUT2D eigenvalue weighted by Gasteiger charge is -2.23. The van der Waals surface area contributed by atoms with Crippen molar-refractivity contribution in [3.8, 4) is 0 Å². The summed E-state index contributed by atoms with van der Waals surface area (Å²) in [5, 5.41) is 11.8. The molecule has 4 aromatic rings. The average Bonchev–Trinajstić information content (AvgIpc) is 3.38. The number of aryl methyl sites for hydroxylation is 3. The quantitative estimate of drug-likeness (QED) is 0.188. The molecule has 2 heterocycles. The first-order chi connectivity index (χ1) is 17.2. The molecule has 0 radical (unpaired) electrons. The largest absolute Gasteiger partial charge is 0.507 e. The molecule has 1 aliphatic heterocycles. The van der Waals surface area contributed by atoms with E-state index in [9.17, 15) is 14.7 Å². The Kier molecular flexibility index (Phi) is 6.00. The maximum absolute atomic E-state index is 13.5. The second-order valence-corrected chi connectivity index (χ2v) is 10.8. The molecule has 5 nitrogen and oxygen atoms in total. The summed E-state index contributed by atoms with van der Waals surface area (Å²) >= 11 is 1.38. The van der Waals surface area contributed by atoms with E-state index in [0.29, 0.717) is 16.6 Å². The summed E-state index contributed by atoms with van der Waals surface area (Å²) in [7, 11) is 0. The number of aliphatic hydroxyl groups excluding tert-OH is 1. The second-order valence-electron chi connectivity index (χ2n) is 9.78. The fourth-order valence-corrected chi connectivity index (χ4v) is 5.91. The number of fused-ring (bicyclic) bond motifs is 1. The fraction of sp³-hybridized carbons (Fsp3) is 0.233. The number of benzene rings is 3. The molecule has 1 amide bonds. The highest BCUT2D eigenvalue weighted by Gasteiger charge is 2.48. The molecule has 182 valence electrons. The Morgan fingerprint density at radius 2 is 1.61 bits per heavy atom. The lowest BCUT2D eigenvalue weighted by molar-refractivity contribution is -0.132. The van der Waals surface area contributed by atoms with E-state index in [1.54, 1.807) is 12.1 Å². The van der Waals surface area contributed by atoms with Crippen LogP contribution < -0.4 is 4.90 Å². The number of Topliss-reactive ketones (excluding diaryl/α,β-unsaturated/α-hetero) is 1. The number of aromatic nitrogens is 1. The molecular formula is C30H28N2O3S. The Balaban J connectivity index is 1.73. The number of amides is 1. The number of rotatable bonds is 4. The molecular weight excluding hydrogens is 468 g/mol. The molecule has 5 rings (SSSR count). The highest BCUT2D eigenvalue weighted by Crippen LogP contribution is 2.45. The smallest absolute Gasteiger partial charge is 0.301 e. The highest BCUT2D eigenvalue weighted by atomic mass is 32.1. The van der Waals surface area contributed by atoms with Gasteiger partial charge in [-0.2, -0.15) is 0 Å². The van der Waals surface area contributed by atoms with Gasteiger partial charge >= 0.3 is 5.91 Å². The van der Waals surface area contributed by atoms with Gasteiger partial charge in [-0.25, -0.2) is 4.98 Å². The lowest BCUT2D eigenvalue weighted by Crippen LogP contribution is -2.29. The van der Waals surface area contributed by atoms with E-state index < -0.39 is 17.7 Å². The lowest BCUT2D eigenvalue weighted by atomic mass is 9.93. The van der Waals surface area contributed by atoms with Crippen LogP contribution in [0.5, 0.6) is 0 Å². The van der Waals surface area contributed by atoms with Crippen molar-refractivity contribution in [2.24, 2.45) is 0 Å². The van der Waals surface area contributed by atoms with Crippen LogP contribution >= 0.6 is 11.3 Å². The van der Waals surface area contributed by atoms with Crippen molar-refractivity contribution in [3.05, 3.63) is 99.6 Å². The van der Waals surface area contributed by atoms with Crippen LogP contribution in [-0.4, -0.2) is 21.8 Å². The van der Waals surface area contributed by atoms with Crippen LogP contribution in [0.15, 0.2) is 66.2 Å². The van der Waals surface area contributed by atoms with Crippen LogP contribution in [0.25, 0.3) is 16.0 Å². The van der Waals surface area contributed by atoms with Gasteiger partial charge in [0.1, 0.15) is 5.76 Å². The number of nitrogens with zero attached hydrogens (tertiary/aromatic N) is 2. The van der Waals surface area contributed by atoms with Crippen molar-refractivity contribution in [1.82, 2.24) is 4.98 Å². The van der Waals surface area contributed by atoms with E-state index in [4.69, 9.17) is 4.98 Å². The minimum atomic E-state index is -0.783. The molecule has 1 aliphatic rings. The standard InChI is InChI=1S/C30H28N2O3S/c1-16(2)20-10-12-21(13-11-20)26-24(27(33)22-8-6-17(3)7-9-22)28(34)29(35)32(26)30-31-25-19(5)14-18(4)15-23(25)36-30/h6-16,26,33H,1-5H3/b27-24+/t26-/m0/s1. The van der Waals surface area contributed by atoms with Crippen molar-refractivity contribution >= 4 is 44.1 Å². The minimum absolute atomic E-state index is 0.0771. The van der Waals surface area contributed by atoms with Crippen molar-refractivity contribution in [3.63, 3.8) is 0 Å². The first-order valence-corrected chi connectivity index (χ1v) is 12.8. The molecule has 0 unspecified atom stereocenters. The van der Waals surface area contributed by atoms with E-state index in [2.05, 4.69) is 19.9 Å². The molecule has 3 aromatic carbocycles. The predicted molar refractivity (Wildman–Crippen MR) is 146 cm³/mol. The van der Waals surface area contributed by atoms with Crippen molar-refractivity contribution in [2.45, 2.75) is 46.6 Å². The molecule has 0 saturated carbocycles. The summed E-state index contributed by atoms with van der Waals surface area (Å²) in [4.78, 5) is 33.2. The van der Waals surface area contributed by atoms with Crippen LogP contribution in [-0.2, 0) is 9.59 Å². The van der Waals surface area contributed by atoms with Gasteiger partial charge in [0.25, 0.3) is 5.78 Å². The van der Waals surface area contributed by atoms with Gasteiger partial charge in [0.2, 0.25) is 0 Å². The number of hydrogen-bond donors (Lipinski definition) is 1. The molecule has 1 fully saturated rings. The fourth-order valence-electron chi connectivity index (χ4n) is 4.74. The Bertz CT molecular complexity index is 1530. The summed E-state index contributed by atoms with van der Waals surface area (Å²) in [6.07, 6.45) is 0. The summed E-state index contributed by atoms with van der Waals surface area (Å²) in [5.41, 5.74) is 6.45. The van der Waals surface area contributed by atoms with Gasteiger partial charge in [0.15, 0.2) is 5.13 Å². The van der Waals surface area contributed by atoms with Gasteiger partial charge in [0, 0.05) is 5.56 Å². The van der Waals surface area contributed by atoms with E-state index in [1.165, 1.54) is 16.2 Å². The summed E-state index contributed by atoms with van der Waals surface area (Å²) in [5.74, 6) is -1.23. The average molecular weight is 497 g/mol. The predicted octanol–water partition coefficient (Wildman–Crippen LogP) is 6.97. The molecule has 0 bridgehead atoms. The Labute approximate surface area is 214 Å². The minimum Gasteiger partial charge on any atom is -0.507 e. The van der Waals surface area contributed by atoms with E-state index in [0.717, 1.165) is 38.0 Å². The monoisotopic (exact) mass is 496 g/mol. The third kappa shape index (κ3) is 4.01. The van der Waals surface area contributed by atoms with Gasteiger partial charge in [-0.15, -0.1) is 0 Å². The zero-order chi connectivity index (χ0) is 25.7. The number of carbonyl (C=O) groups excluding carboxylic acids is 2. The number of ketones is 1. The molecule has 0 aliphatic carbocycles. The molecule has 1 saturated heterocycles. The van der Waals surface area contributed by atoms with E-state index in [1.807, 2.05) is 63.2 Å². The summed E-state index contributed by atoms with van der Waals surface area (Å²) in [6.45, 7) is 10.2. The van der Waals surface area contributed by atoms with Gasteiger partial charge in [-0.1, -0.05) is 85.3 Å². The first kappa shape index (κ1) is 23.9. The van der Waals surface area contributed by atoms with E-state index in [-0.39, 0.29) is 11.3 Å². The zero-order valence-electron chi connectivity index (χ0n) is 21.0.